The number of nitrogens with zero attached hydrogens (tertiary/aromatic N) is 1. The number of hydrogen-bond donors (Lipinski definition) is 1. The second-order valence-electron chi connectivity index (χ2n) is 5.80. The minimum absolute atomic E-state index is 0.0224. The molecule has 0 radical (unpaired) electrons. The fraction of sp³-hybridized carbons (Fsp3) is 0.111. The van der Waals surface area contributed by atoms with Crippen LogP contribution in [0.4, 0.5) is 5.13 Å². The zero-order valence-electron chi connectivity index (χ0n) is 14.3. The zero-order chi connectivity index (χ0) is 19.8. The Labute approximate surface area is 170 Å². The van der Waals surface area contributed by atoms with Crippen LogP contribution in [-0.2, 0) is 9.84 Å². The molecule has 0 unspecified atom stereocenters. The van der Waals surface area contributed by atoms with E-state index in [1.54, 1.807) is 12.1 Å². The highest BCUT2D eigenvalue weighted by Gasteiger charge is 2.18. The highest BCUT2D eigenvalue weighted by molar-refractivity contribution is 7.90. The minimum atomic E-state index is -3.45. The van der Waals surface area contributed by atoms with Crippen molar-refractivity contribution in [3.05, 3.63) is 63.0 Å². The van der Waals surface area contributed by atoms with Gasteiger partial charge >= 0.3 is 0 Å². The first-order chi connectivity index (χ1) is 12.6. The fourth-order valence-electron chi connectivity index (χ4n) is 2.40. The Balaban J connectivity index is 1.89. The van der Waals surface area contributed by atoms with E-state index in [1.165, 1.54) is 29.5 Å². The molecule has 0 aliphatic heterocycles. The van der Waals surface area contributed by atoms with Crippen LogP contribution in [0, 0.1) is 6.92 Å². The Bertz CT molecular complexity index is 1120. The summed E-state index contributed by atoms with van der Waals surface area (Å²) in [7, 11) is -3.45. The van der Waals surface area contributed by atoms with E-state index < -0.39 is 15.7 Å². The first-order valence-electron chi connectivity index (χ1n) is 7.69. The summed E-state index contributed by atoms with van der Waals surface area (Å²) < 4.78 is 23.4. The van der Waals surface area contributed by atoms with Gasteiger partial charge in [0.15, 0.2) is 15.0 Å². The standard InChI is InChI=1S/C18H14Cl2N2O3S2/c1-10-16(11-3-5-12(19)6-4-11)21-18(26-10)22-17(23)14-9-13(27(2,24)25)7-8-15(14)20/h3-9H,1-2H3,(H,21,22,23). The molecule has 3 rings (SSSR count). The molecule has 9 heteroatoms. The van der Waals surface area contributed by atoms with Gasteiger partial charge in [-0.25, -0.2) is 13.4 Å². The molecule has 0 aliphatic rings. The van der Waals surface area contributed by atoms with Gasteiger partial charge in [0.25, 0.3) is 5.91 Å². The summed E-state index contributed by atoms with van der Waals surface area (Å²) in [5, 5.41) is 3.86. The molecule has 1 aromatic heterocycles. The predicted molar refractivity (Wildman–Crippen MR) is 110 cm³/mol. The summed E-state index contributed by atoms with van der Waals surface area (Å²) in [6.07, 6.45) is 1.07. The molecule has 0 bridgehead atoms. The van der Waals surface area contributed by atoms with Crippen LogP contribution in [0.3, 0.4) is 0 Å². The Morgan fingerprint density at radius 3 is 2.41 bits per heavy atom. The summed E-state index contributed by atoms with van der Waals surface area (Å²) >= 11 is 13.3. The van der Waals surface area contributed by atoms with Gasteiger partial charge in [-0.3, -0.25) is 10.1 Å². The van der Waals surface area contributed by atoms with Crippen molar-refractivity contribution in [1.82, 2.24) is 4.98 Å². The van der Waals surface area contributed by atoms with Gasteiger partial charge in [-0.2, -0.15) is 0 Å². The van der Waals surface area contributed by atoms with Crippen LogP contribution < -0.4 is 5.32 Å². The van der Waals surface area contributed by atoms with Gasteiger partial charge in [0.2, 0.25) is 0 Å². The van der Waals surface area contributed by atoms with Crippen molar-refractivity contribution in [3.63, 3.8) is 0 Å². The number of aromatic nitrogens is 1. The second-order valence-corrected chi connectivity index (χ2v) is 9.86. The number of anilines is 1. The van der Waals surface area contributed by atoms with Crippen molar-refractivity contribution in [3.8, 4) is 11.3 Å². The lowest BCUT2D eigenvalue weighted by Gasteiger charge is -2.06. The average molecular weight is 441 g/mol. The van der Waals surface area contributed by atoms with Gasteiger partial charge in [-0.15, -0.1) is 11.3 Å². The van der Waals surface area contributed by atoms with Crippen molar-refractivity contribution in [2.24, 2.45) is 0 Å². The number of hydrogen-bond acceptors (Lipinski definition) is 5. The van der Waals surface area contributed by atoms with E-state index in [9.17, 15) is 13.2 Å². The third-order valence-corrected chi connectivity index (χ3v) is 6.32. The number of thiazole rings is 1. The summed E-state index contributed by atoms with van der Waals surface area (Å²) in [6.45, 7) is 1.90. The van der Waals surface area contributed by atoms with E-state index >= 15 is 0 Å². The normalized spacial score (nSPS) is 11.4. The van der Waals surface area contributed by atoms with Crippen LogP contribution >= 0.6 is 34.5 Å². The van der Waals surface area contributed by atoms with Crippen molar-refractivity contribution >= 4 is 55.4 Å². The number of aryl methyl sites for hydroxylation is 1. The molecule has 1 heterocycles. The van der Waals surface area contributed by atoms with Crippen molar-refractivity contribution < 1.29 is 13.2 Å². The predicted octanol–water partition coefficient (Wildman–Crippen LogP) is 5.08. The third kappa shape index (κ3) is 4.50. The van der Waals surface area contributed by atoms with Crippen LogP contribution in [-0.4, -0.2) is 25.6 Å². The highest BCUT2D eigenvalue weighted by atomic mass is 35.5. The maximum absolute atomic E-state index is 12.6. The number of carbonyl (C=O) groups is 1. The molecule has 27 heavy (non-hydrogen) atoms. The topological polar surface area (TPSA) is 76.1 Å². The van der Waals surface area contributed by atoms with Crippen LogP contribution in [0.25, 0.3) is 11.3 Å². The van der Waals surface area contributed by atoms with Crippen LogP contribution in [0.2, 0.25) is 10.0 Å². The van der Waals surface area contributed by atoms with Gasteiger partial charge in [-0.05, 0) is 37.3 Å². The Morgan fingerprint density at radius 2 is 1.78 bits per heavy atom. The highest BCUT2D eigenvalue weighted by Crippen LogP contribution is 2.31. The lowest BCUT2D eigenvalue weighted by Crippen LogP contribution is -2.13. The second kappa shape index (κ2) is 7.59. The smallest absolute Gasteiger partial charge is 0.259 e. The van der Waals surface area contributed by atoms with Gasteiger partial charge in [0, 0.05) is 21.7 Å². The van der Waals surface area contributed by atoms with E-state index in [4.69, 9.17) is 23.2 Å². The summed E-state index contributed by atoms with van der Waals surface area (Å²) in [4.78, 5) is 18.0. The third-order valence-electron chi connectivity index (χ3n) is 3.75. The van der Waals surface area contributed by atoms with E-state index in [0.29, 0.717) is 10.2 Å². The molecular weight excluding hydrogens is 427 g/mol. The number of halogens is 2. The van der Waals surface area contributed by atoms with Gasteiger partial charge in [0.1, 0.15) is 0 Å². The number of sulfone groups is 1. The first-order valence-corrected chi connectivity index (χ1v) is 11.2. The molecule has 0 saturated heterocycles. The van der Waals surface area contributed by atoms with E-state index in [1.807, 2.05) is 19.1 Å². The molecule has 1 amide bonds. The number of nitrogens with one attached hydrogen (secondary N) is 1. The zero-order valence-corrected chi connectivity index (χ0v) is 17.4. The van der Waals surface area contributed by atoms with E-state index in [-0.39, 0.29) is 15.5 Å². The molecule has 0 saturated carbocycles. The van der Waals surface area contributed by atoms with E-state index in [2.05, 4.69) is 10.3 Å². The monoisotopic (exact) mass is 440 g/mol. The van der Waals surface area contributed by atoms with Gasteiger partial charge < -0.3 is 0 Å². The van der Waals surface area contributed by atoms with Gasteiger partial charge in [0.05, 0.1) is 21.2 Å². The number of benzene rings is 2. The summed E-state index contributed by atoms with van der Waals surface area (Å²) in [5.74, 6) is -0.526. The molecule has 0 spiro atoms. The Morgan fingerprint density at radius 1 is 1.11 bits per heavy atom. The fourth-order valence-corrected chi connectivity index (χ4v) is 4.21. The quantitative estimate of drug-likeness (QED) is 0.613. The molecular formula is C18H14Cl2N2O3S2. The van der Waals surface area contributed by atoms with Crippen molar-refractivity contribution in [1.29, 1.82) is 0 Å². The van der Waals surface area contributed by atoms with Crippen molar-refractivity contribution in [2.45, 2.75) is 11.8 Å². The maximum atomic E-state index is 12.6. The number of amides is 1. The number of rotatable bonds is 4. The van der Waals surface area contributed by atoms with E-state index in [0.717, 1.165) is 22.4 Å². The molecule has 3 aromatic rings. The average Bonchev–Trinajstić information content (AvgIpc) is 2.95. The summed E-state index contributed by atoms with van der Waals surface area (Å²) in [5.41, 5.74) is 1.69. The van der Waals surface area contributed by atoms with Crippen LogP contribution in [0.5, 0.6) is 0 Å². The molecule has 1 N–H and O–H groups in total. The molecule has 0 fully saturated rings. The molecule has 0 atom stereocenters. The maximum Gasteiger partial charge on any atom is 0.259 e. The Hall–Kier alpha value is -1.93. The lowest BCUT2D eigenvalue weighted by atomic mass is 10.1. The first kappa shape index (κ1) is 19.8. The SMILES string of the molecule is Cc1sc(NC(=O)c2cc(S(C)(=O)=O)ccc2Cl)nc1-c1ccc(Cl)cc1. The molecule has 140 valence electrons. The molecule has 2 aromatic carbocycles. The lowest BCUT2D eigenvalue weighted by molar-refractivity contribution is 0.102. The summed E-state index contributed by atoms with van der Waals surface area (Å²) in [6, 6.07) is 11.2. The minimum Gasteiger partial charge on any atom is -0.298 e. The largest absolute Gasteiger partial charge is 0.298 e. The van der Waals surface area contributed by atoms with Crippen LogP contribution in [0.15, 0.2) is 47.4 Å². The molecule has 0 aliphatic carbocycles. The number of carbonyl (C=O) groups excluding carboxylic acids is 1. The Kier molecular flexibility index (Phi) is 5.58. The van der Waals surface area contributed by atoms with Gasteiger partial charge in [-0.1, -0.05) is 35.3 Å². The van der Waals surface area contributed by atoms with Crippen molar-refractivity contribution in [2.75, 3.05) is 11.6 Å². The molecule has 5 nitrogen and oxygen atoms in total. The van der Waals surface area contributed by atoms with Crippen LogP contribution in [0.1, 0.15) is 15.2 Å².